The van der Waals surface area contributed by atoms with Crippen LogP contribution in [0.4, 0.5) is 4.39 Å². The summed E-state index contributed by atoms with van der Waals surface area (Å²) in [5, 5.41) is 0. The van der Waals surface area contributed by atoms with Crippen molar-refractivity contribution in [2.24, 2.45) is 5.84 Å². The average Bonchev–Trinajstić information content (AvgIpc) is 2.54. The van der Waals surface area contributed by atoms with Gasteiger partial charge in [0.1, 0.15) is 5.82 Å². The molecule has 0 amide bonds. The Labute approximate surface area is 121 Å². The van der Waals surface area contributed by atoms with Gasteiger partial charge in [-0.25, -0.2) is 4.39 Å². The van der Waals surface area contributed by atoms with E-state index in [9.17, 15) is 4.39 Å². The number of para-hydroxylation sites is 1. The molecule has 0 aliphatic heterocycles. The van der Waals surface area contributed by atoms with Crippen molar-refractivity contribution in [1.29, 1.82) is 0 Å². The molecule has 106 valence electrons. The van der Waals surface area contributed by atoms with Gasteiger partial charge in [-0.2, -0.15) is 0 Å². The van der Waals surface area contributed by atoms with Crippen molar-refractivity contribution in [2.75, 3.05) is 0 Å². The van der Waals surface area contributed by atoms with Crippen LogP contribution in [0.15, 0.2) is 54.9 Å². The van der Waals surface area contributed by atoms with Gasteiger partial charge >= 0.3 is 0 Å². The topological polar surface area (TPSA) is 63.8 Å². The number of fused-ring (bicyclic) bond motifs is 1. The predicted molar refractivity (Wildman–Crippen MR) is 79.7 cm³/mol. The summed E-state index contributed by atoms with van der Waals surface area (Å²) in [5.74, 6) is 5.46. The van der Waals surface area contributed by atoms with E-state index < -0.39 is 0 Å². The van der Waals surface area contributed by atoms with Gasteiger partial charge in [0.25, 0.3) is 0 Å². The molecule has 0 fully saturated rings. The Morgan fingerprint density at radius 3 is 2.57 bits per heavy atom. The summed E-state index contributed by atoms with van der Waals surface area (Å²) in [6.07, 6.45) is 3.97. The van der Waals surface area contributed by atoms with Gasteiger partial charge in [-0.3, -0.25) is 21.2 Å². The van der Waals surface area contributed by atoms with Crippen molar-refractivity contribution in [2.45, 2.75) is 12.5 Å². The van der Waals surface area contributed by atoms with E-state index in [0.717, 1.165) is 22.2 Å². The first-order valence-corrected chi connectivity index (χ1v) is 6.68. The standard InChI is InChI=1S/C16H15FN4/c17-12-6-4-11(5-7-12)10-15(21-18)13-2-1-3-14-16(13)20-9-8-19-14/h1-9,15,21H,10,18H2. The molecule has 2 aromatic carbocycles. The first-order chi connectivity index (χ1) is 10.3. The van der Waals surface area contributed by atoms with E-state index >= 15 is 0 Å². The van der Waals surface area contributed by atoms with Crippen LogP contribution in [-0.2, 0) is 6.42 Å². The van der Waals surface area contributed by atoms with E-state index in [1.807, 2.05) is 18.2 Å². The highest BCUT2D eigenvalue weighted by Gasteiger charge is 2.14. The fourth-order valence-electron chi connectivity index (χ4n) is 2.41. The highest BCUT2D eigenvalue weighted by Crippen LogP contribution is 2.23. The van der Waals surface area contributed by atoms with E-state index in [-0.39, 0.29) is 11.9 Å². The van der Waals surface area contributed by atoms with Gasteiger partial charge in [0.2, 0.25) is 0 Å². The molecule has 21 heavy (non-hydrogen) atoms. The maximum Gasteiger partial charge on any atom is 0.123 e. The third-order valence-electron chi connectivity index (χ3n) is 3.46. The predicted octanol–water partition coefficient (Wildman–Crippen LogP) is 2.52. The number of hydrogen-bond acceptors (Lipinski definition) is 4. The van der Waals surface area contributed by atoms with Crippen LogP contribution < -0.4 is 11.3 Å². The molecule has 0 spiro atoms. The molecule has 3 aromatic rings. The maximum absolute atomic E-state index is 13.0. The lowest BCUT2D eigenvalue weighted by atomic mass is 9.98. The monoisotopic (exact) mass is 282 g/mol. The maximum atomic E-state index is 13.0. The van der Waals surface area contributed by atoms with Crippen LogP contribution >= 0.6 is 0 Å². The number of hydrogen-bond donors (Lipinski definition) is 2. The van der Waals surface area contributed by atoms with Crippen molar-refractivity contribution >= 4 is 11.0 Å². The highest BCUT2D eigenvalue weighted by molar-refractivity contribution is 5.78. The van der Waals surface area contributed by atoms with Gasteiger partial charge in [0, 0.05) is 12.4 Å². The number of benzene rings is 2. The SMILES string of the molecule is NNC(Cc1ccc(F)cc1)c1cccc2nccnc12. The zero-order valence-electron chi connectivity index (χ0n) is 11.3. The molecule has 0 radical (unpaired) electrons. The number of nitrogens with zero attached hydrogens (tertiary/aromatic N) is 2. The zero-order chi connectivity index (χ0) is 14.7. The van der Waals surface area contributed by atoms with Gasteiger partial charge in [0.15, 0.2) is 0 Å². The number of nitrogens with one attached hydrogen (secondary N) is 1. The summed E-state index contributed by atoms with van der Waals surface area (Å²) in [5.41, 5.74) is 6.44. The molecule has 0 saturated heterocycles. The fraction of sp³-hybridized carbons (Fsp3) is 0.125. The largest absolute Gasteiger partial charge is 0.271 e. The summed E-state index contributed by atoms with van der Waals surface area (Å²) in [6, 6.07) is 12.1. The molecule has 1 heterocycles. The number of halogens is 1. The lowest BCUT2D eigenvalue weighted by molar-refractivity contribution is 0.553. The summed E-state index contributed by atoms with van der Waals surface area (Å²) in [4.78, 5) is 8.68. The second-order valence-electron chi connectivity index (χ2n) is 4.82. The van der Waals surface area contributed by atoms with Gasteiger partial charge in [-0.1, -0.05) is 24.3 Å². The van der Waals surface area contributed by atoms with E-state index in [1.165, 1.54) is 12.1 Å². The summed E-state index contributed by atoms with van der Waals surface area (Å²) < 4.78 is 13.0. The Morgan fingerprint density at radius 1 is 1.05 bits per heavy atom. The van der Waals surface area contributed by atoms with Crippen LogP contribution in [0.5, 0.6) is 0 Å². The summed E-state index contributed by atoms with van der Waals surface area (Å²) >= 11 is 0. The lowest BCUT2D eigenvalue weighted by Crippen LogP contribution is -2.29. The van der Waals surface area contributed by atoms with Crippen LogP contribution in [0.2, 0.25) is 0 Å². The van der Waals surface area contributed by atoms with Gasteiger partial charge in [0.05, 0.1) is 17.1 Å². The van der Waals surface area contributed by atoms with Gasteiger partial charge in [-0.15, -0.1) is 0 Å². The summed E-state index contributed by atoms with van der Waals surface area (Å²) in [6.45, 7) is 0. The summed E-state index contributed by atoms with van der Waals surface area (Å²) in [7, 11) is 0. The van der Waals surface area contributed by atoms with Crippen LogP contribution in [0.25, 0.3) is 11.0 Å². The normalized spacial score (nSPS) is 12.5. The Bertz CT molecular complexity index is 737. The molecule has 1 atom stereocenters. The first kappa shape index (κ1) is 13.6. The fourth-order valence-corrected chi connectivity index (χ4v) is 2.41. The van der Waals surface area contributed by atoms with Crippen molar-refractivity contribution in [1.82, 2.24) is 15.4 Å². The zero-order valence-corrected chi connectivity index (χ0v) is 11.3. The van der Waals surface area contributed by atoms with Crippen LogP contribution in [0.1, 0.15) is 17.2 Å². The second-order valence-corrected chi connectivity index (χ2v) is 4.82. The number of hydrazine groups is 1. The Balaban J connectivity index is 1.96. The minimum absolute atomic E-state index is 0.115. The molecular formula is C16H15FN4. The molecule has 0 aliphatic rings. The molecule has 5 heteroatoms. The molecule has 0 bridgehead atoms. The molecule has 4 nitrogen and oxygen atoms in total. The van der Waals surface area contributed by atoms with Crippen molar-refractivity contribution in [3.05, 3.63) is 71.8 Å². The Morgan fingerprint density at radius 2 is 1.81 bits per heavy atom. The quantitative estimate of drug-likeness (QED) is 0.570. The van der Waals surface area contributed by atoms with Gasteiger partial charge < -0.3 is 0 Å². The minimum atomic E-state index is -0.243. The number of nitrogens with two attached hydrogens (primary N) is 1. The first-order valence-electron chi connectivity index (χ1n) is 6.68. The number of rotatable bonds is 4. The third-order valence-corrected chi connectivity index (χ3v) is 3.46. The van der Waals surface area contributed by atoms with E-state index in [0.29, 0.717) is 6.42 Å². The molecule has 0 saturated carbocycles. The van der Waals surface area contributed by atoms with E-state index in [4.69, 9.17) is 5.84 Å². The van der Waals surface area contributed by atoms with Crippen molar-refractivity contribution in [3.63, 3.8) is 0 Å². The van der Waals surface area contributed by atoms with E-state index in [2.05, 4.69) is 15.4 Å². The average molecular weight is 282 g/mol. The number of aromatic nitrogens is 2. The van der Waals surface area contributed by atoms with Crippen LogP contribution in [-0.4, -0.2) is 9.97 Å². The van der Waals surface area contributed by atoms with Gasteiger partial charge in [-0.05, 0) is 35.7 Å². The third kappa shape index (κ3) is 2.89. The van der Waals surface area contributed by atoms with Crippen molar-refractivity contribution in [3.8, 4) is 0 Å². The second kappa shape index (κ2) is 5.95. The van der Waals surface area contributed by atoms with E-state index in [1.54, 1.807) is 24.5 Å². The molecule has 0 aliphatic carbocycles. The smallest absolute Gasteiger partial charge is 0.123 e. The van der Waals surface area contributed by atoms with Crippen LogP contribution in [0.3, 0.4) is 0 Å². The molecule has 1 aromatic heterocycles. The Hall–Kier alpha value is -2.37. The van der Waals surface area contributed by atoms with Crippen molar-refractivity contribution < 1.29 is 4.39 Å². The molecule has 3 N–H and O–H groups in total. The molecule has 3 rings (SSSR count). The molecule has 1 unspecified atom stereocenters. The van der Waals surface area contributed by atoms with Crippen LogP contribution in [0, 0.1) is 5.82 Å². The minimum Gasteiger partial charge on any atom is -0.271 e. The Kier molecular flexibility index (Phi) is 3.85. The lowest BCUT2D eigenvalue weighted by Gasteiger charge is -2.17. The highest BCUT2D eigenvalue weighted by atomic mass is 19.1. The molecular weight excluding hydrogens is 267 g/mol.